The van der Waals surface area contributed by atoms with Crippen LogP contribution in [-0.2, 0) is 0 Å². The fourth-order valence-corrected chi connectivity index (χ4v) is 1.93. The molecule has 0 unspecified atom stereocenters. The second-order valence-corrected chi connectivity index (χ2v) is 4.44. The lowest BCUT2D eigenvalue weighted by Gasteiger charge is -2.36. The van der Waals surface area contributed by atoms with Crippen LogP contribution in [0.4, 0.5) is 0 Å². The molecule has 0 bridgehead atoms. The van der Waals surface area contributed by atoms with Crippen LogP contribution in [0, 0.1) is 0 Å². The Kier molecular flexibility index (Phi) is 3.91. The van der Waals surface area contributed by atoms with E-state index in [4.69, 9.17) is 16.7 Å². The van der Waals surface area contributed by atoms with E-state index < -0.39 is 0 Å². The van der Waals surface area contributed by atoms with E-state index in [1.165, 1.54) is 0 Å². The van der Waals surface area contributed by atoms with Crippen molar-refractivity contribution in [2.45, 2.75) is 25.3 Å². The van der Waals surface area contributed by atoms with E-state index in [1.807, 2.05) is 0 Å². The molecule has 2 rings (SSSR count). The minimum Gasteiger partial charge on any atom is -0.395 e. The third-order valence-corrected chi connectivity index (χ3v) is 3.17. The monoisotopic (exact) mass is 255 g/mol. The standard InChI is InChI=1S/C11H14ClN3O2/c12-10-5-4-9(13-14-10)11(17)15(6-7-16)8-2-1-3-8/h4-5,8,16H,1-3,6-7H2. The van der Waals surface area contributed by atoms with Gasteiger partial charge in [0.15, 0.2) is 10.8 Å². The summed E-state index contributed by atoms with van der Waals surface area (Å²) in [6, 6.07) is 3.33. The first kappa shape index (κ1) is 12.3. The van der Waals surface area contributed by atoms with Crippen molar-refractivity contribution in [1.82, 2.24) is 15.1 Å². The first-order chi connectivity index (χ1) is 8.22. The molecule has 1 heterocycles. The summed E-state index contributed by atoms with van der Waals surface area (Å²) in [6.45, 7) is 0.303. The fraction of sp³-hybridized carbons (Fsp3) is 0.545. The first-order valence-electron chi connectivity index (χ1n) is 5.63. The second kappa shape index (κ2) is 5.42. The number of halogens is 1. The molecule has 17 heavy (non-hydrogen) atoms. The van der Waals surface area contributed by atoms with Crippen LogP contribution in [-0.4, -0.2) is 45.3 Å². The number of nitrogens with zero attached hydrogens (tertiary/aromatic N) is 3. The Hall–Kier alpha value is -1.20. The van der Waals surface area contributed by atoms with E-state index in [-0.39, 0.29) is 29.4 Å². The van der Waals surface area contributed by atoms with Crippen LogP contribution in [0.2, 0.25) is 5.15 Å². The Bertz CT molecular complexity index is 392. The lowest BCUT2D eigenvalue weighted by Crippen LogP contribution is -2.45. The van der Waals surface area contributed by atoms with Gasteiger partial charge in [0, 0.05) is 12.6 Å². The molecule has 1 aliphatic carbocycles. The van der Waals surface area contributed by atoms with Crippen molar-refractivity contribution < 1.29 is 9.90 Å². The van der Waals surface area contributed by atoms with Crippen LogP contribution < -0.4 is 0 Å². The van der Waals surface area contributed by atoms with E-state index in [0.717, 1.165) is 19.3 Å². The zero-order valence-corrected chi connectivity index (χ0v) is 10.1. The van der Waals surface area contributed by atoms with Crippen molar-refractivity contribution in [2.75, 3.05) is 13.2 Å². The van der Waals surface area contributed by atoms with Crippen LogP contribution in [0.3, 0.4) is 0 Å². The molecule has 1 saturated carbocycles. The Morgan fingerprint density at radius 2 is 2.24 bits per heavy atom. The first-order valence-corrected chi connectivity index (χ1v) is 6.01. The van der Waals surface area contributed by atoms with E-state index in [2.05, 4.69) is 10.2 Å². The number of aromatic nitrogens is 2. The lowest BCUT2D eigenvalue weighted by molar-refractivity contribution is 0.0519. The van der Waals surface area contributed by atoms with Gasteiger partial charge in [-0.1, -0.05) is 11.6 Å². The highest BCUT2D eigenvalue weighted by Gasteiger charge is 2.29. The maximum atomic E-state index is 12.1. The summed E-state index contributed by atoms with van der Waals surface area (Å²) in [6.07, 6.45) is 3.12. The molecule has 0 spiro atoms. The summed E-state index contributed by atoms with van der Waals surface area (Å²) in [5.74, 6) is -0.187. The third-order valence-electron chi connectivity index (χ3n) is 2.97. The van der Waals surface area contributed by atoms with Gasteiger partial charge in [0.05, 0.1) is 6.61 Å². The number of amides is 1. The Balaban J connectivity index is 2.12. The molecule has 92 valence electrons. The zero-order chi connectivity index (χ0) is 12.3. The molecule has 6 heteroatoms. The van der Waals surface area contributed by atoms with Gasteiger partial charge in [-0.2, -0.15) is 0 Å². The van der Waals surface area contributed by atoms with Gasteiger partial charge in [0.25, 0.3) is 5.91 Å². The lowest BCUT2D eigenvalue weighted by atomic mass is 9.91. The molecular formula is C11H14ClN3O2. The molecule has 1 N–H and O–H groups in total. The van der Waals surface area contributed by atoms with Crippen molar-refractivity contribution in [1.29, 1.82) is 0 Å². The largest absolute Gasteiger partial charge is 0.395 e. The molecule has 1 aromatic heterocycles. The number of hydrogen-bond acceptors (Lipinski definition) is 4. The van der Waals surface area contributed by atoms with Gasteiger partial charge in [0.1, 0.15) is 0 Å². The number of aliphatic hydroxyl groups excluding tert-OH is 1. The molecule has 0 aliphatic heterocycles. The summed E-state index contributed by atoms with van der Waals surface area (Å²) in [5.41, 5.74) is 0.273. The van der Waals surface area contributed by atoms with Gasteiger partial charge in [-0.15, -0.1) is 10.2 Å². The van der Waals surface area contributed by atoms with Crippen molar-refractivity contribution in [3.63, 3.8) is 0 Å². The summed E-state index contributed by atoms with van der Waals surface area (Å²) in [4.78, 5) is 13.8. The second-order valence-electron chi connectivity index (χ2n) is 4.05. The van der Waals surface area contributed by atoms with E-state index in [0.29, 0.717) is 6.54 Å². The van der Waals surface area contributed by atoms with E-state index >= 15 is 0 Å². The number of hydrogen-bond donors (Lipinski definition) is 1. The molecule has 0 radical (unpaired) electrons. The van der Waals surface area contributed by atoms with Crippen molar-refractivity contribution >= 4 is 17.5 Å². The van der Waals surface area contributed by atoms with Gasteiger partial charge in [0.2, 0.25) is 0 Å². The molecular weight excluding hydrogens is 242 g/mol. The van der Waals surface area contributed by atoms with Gasteiger partial charge in [-0.25, -0.2) is 0 Å². The minimum absolute atomic E-state index is 0.0384. The molecule has 0 atom stereocenters. The van der Waals surface area contributed by atoms with Crippen LogP contribution >= 0.6 is 11.6 Å². The van der Waals surface area contributed by atoms with Crippen LogP contribution in [0.25, 0.3) is 0 Å². The number of rotatable bonds is 4. The Morgan fingerprint density at radius 3 is 2.71 bits per heavy atom. The summed E-state index contributed by atoms with van der Waals surface area (Å²) >= 11 is 5.62. The van der Waals surface area contributed by atoms with Gasteiger partial charge in [-0.3, -0.25) is 4.79 Å². The highest BCUT2D eigenvalue weighted by molar-refractivity contribution is 6.29. The van der Waals surface area contributed by atoms with Gasteiger partial charge in [-0.05, 0) is 31.4 Å². The SMILES string of the molecule is O=C(c1ccc(Cl)nn1)N(CCO)C1CCC1. The quantitative estimate of drug-likeness (QED) is 0.876. The molecule has 0 saturated heterocycles. The van der Waals surface area contributed by atoms with Crippen molar-refractivity contribution in [3.05, 3.63) is 23.0 Å². The summed E-state index contributed by atoms with van der Waals surface area (Å²) in [7, 11) is 0. The summed E-state index contributed by atoms with van der Waals surface area (Å²) in [5, 5.41) is 16.7. The molecule has 1 aliphatic rings. The smallest absolute Gasteiger partial charge is 0.274 e. The number of aliphatic hydroxyl groups is 1. The maximum absolute atomic E-state index is 12.1. The van der Waals surface area contributed by atoms with Crippen LogP contribution in [0.5, 0.6) is 0 Å². The molecule has 1 aromatic rings. The van der Waals surface area contributed by atoms with Crippen LogP contribution in [0.1, 0.15) is 29.8 Å². The van der Waals surface area contributed by atoms with Gasteiger partial charge >= 0.3 is 0 Å². The maximum Gasteiger partial charge on any atom is 0.274 e. The average Bonchev–Trinajstić information content (AvgIpc) is 2.26. The third kappa shape index (κ3) is 2.73. The normalized spacial score (nSPS) is 15.4. The molecule has 1 amide bonds. The van der Waals surface area contributed by atoms with Crippen molar-refractivity contribution in [2.24, 2.45) is 0 Å². The molecule has 0 aromatic carbocycles. The van der Waals surface area contributed by atoms with E-state index in [1.54, 1.807) is 17.0 Å². The number of carbonyl (C=O) groups is 1. The predicted octanol–water partition coefficient (Wildman–Crippen LogP) is 1.12. The topological polar surface area (TPSA) is 66.3 Å². The highest BCUT2D eigenvalue weighted by Crippen LogP contribution is 2.25. The Morgan fingerprint density at radius 1 is 1.47 bits per heavy atom. The fourth-order valence-electron chi connectivity index (χ4n) is 1.83. The van der Waals surface area contributed by atoms with Crippen molar-refractivity contribution in [3.8, 4) is 0 Å². The van der Waals surface area contributed by atoms with E-state index in [9.17, 15) is 4.79 Å². The van der Waals surface area contributed by atoms with Gasteiger partial charge < -0.3 is 10.0 Å². The Labute approximate surface area is 104 Å². The average molecular weight is 256 g/mol. The zero-order valence-electron chi connectivity index (χ0n) is 9.34. The summed E-state index contributed by atoms with van der Waals surface area (Å²) < 4.78 is 0. The molecule has 5 nitrogen and oxygen atoms in total. The highest BCUT2D eigenvalue weighted by atomic mass is 35.5. The minimum atomic E-state index is -0.187. The number of carbonyl (C=O) groups excluding carboxylic acids is 1. The molecule has 1 fully saturated rings. The van der Waals surface area contributed by atoms with Crippen LogP contribution in [0.15, 0.2) is 12.1 Å². The predicted molar refractivity (Wildman–Crippen MR) is 62.8 cm³/mol.